The third-order valence-electron chi connectivity index (χ3n) is 4.03. The molecular formula is C17H24ClF2N3O2. The molecule has 8 heteroatoms. The van der Waals surface area contributed by atoms with Gasteiger partial charge < -0.3 is 19.7 Å². The van der Waals surface area contributed by atoms with E-state index in [0.29, 0.717) is 23.2 Å². The van der Waals surface area contributed by atoms with Gasteiger partial charge in [-0.2, -0.15) is 8.78 Å². The smallest absolute Gasteiger partial charge is 0.387 e. The number of rotatable bonds is 6. The Balaban J connectivity index is 1.96. The standard InChI is InChI=1S/C17H24ClF2N3O2/c1-3-24-14-6-8-23(9-7-14)17(21-2)22-11-12-10-13(18)4-5-15(12)25-16(19)20/h4-5,10,14,16H,3,6-9,11H2,1-2H3,(H,21,22). The van der Waals surface area contributed by atoms with Crippen LogP contribution in [0.15, 0.2) is 23.2 Å². The summed E-state index contributed by atoms with van der Waals surface area (Å²) >= 11 is 5.97. The third-order valence-corrected chi connectivity index (χ3v) is 4.27. The molecule has 25 heavy (non-hydrogen) atoms. The van der Waals surface area contributed by atoms with Crippen LogP contribution in [-0.4, -0.2) is 50.3 Å². The minimum absolute atomic E-state index is 0.109. The van der Waals surface area contributed by atoms with Crippen LogP contribution in [0, 0.1) is 0 Å². The van der Waals surface area contributed by atoms with Gasteiger partial charge in [-0.05, 0) is 38.0 Å². The fourth-order valence-electron chi connectivity index (χ4n) is 2.87. The summed E-state index contributed by atoms with van der Waals surface area (Å²) in [6, 6.07) is 4.58. The molecule has 0 radical (unpaired) electrons. The Morgan fingerprint density at radius 3 is 2.72 bits per heavy atom. The van der Waals surface area contributed by atoms with Gasteiger partial charge in [0, 0.05) is 43.9 Å². The molecule has 0 aromatic heterocycles. The van der Waals surface area contributed by atoms with Crippen molar-refractivity contribution < 1.29 is 18.3 Å². The van der Waals surface area contributed by atoms with Crippen molar-refractivity contribution in [2.45, 2.75) is 39.0 Å². The van der Waals surface area contributed by atoms with Crippen molar-refractivity contribution in [3.05, 3.63) is 28.8 Å². The number of piperidine rings is 1. The maximum Gasteiger partial charge on any atom is 0.387 e. The van der Waals surface area contributed by atoms with Gasteiger partial charge >= 0.3 is 6.61 Å². The molecule has 1 aliphatic rings. The van der Waals surface area contributed by atoms with Gasteiger partial charge in [0.1, 0.15) is 5.75 Å². The summed E-state index contributed by atoms with van der Waals surface area (Å²) in [6.07, 6.45) is 2.16. The van der Waals surface area contributed by atoms with Crippen molar-refractivity contribution >= 4 is 17.6 Å². The van der Waals surface area contributed by atoms with E-state index in [2.05, 4.69) is 19.9 Å². The normalized spacial score (nSPS) is 16.4. The molecule has 2 rings (SSSR count). The first-order chi connectivity index (χ1) is 12.0. The number of hydrogen-bond acceptors (Lipinski definition) is 3. The van der Waals surface area contributed by atoms with E-state index >= 15 is 0 Å². The molecule has 1 fully saturated rings. The van der Waals surface area contributed by atoms with E-state index in [1.54, 1.807) is 13.1 Å². The highest BCUT2D eigenvalue weighted by Gasteiger charge is 2.21. The molecule has 0 saturated carbocycles. The summed E-state index contributed by atoms with van der Waals surface area (Å²) in [7, 11) is 1.70. The van der Waals surface area contributed by atoms with Crippen LogP contribution in [0.5, 0.6) is 5.75 Å². The highest BCUT2D eigenvalue weighted by Crippen LogP contribution is 2.24. The molecule has 1 N–H and O–H groups in total. The van der Waals surface area contributed by atoms with E-state index in [0.717, 1.165) is 38.5 Å². The second-order valence-electron chi connectivity index (χ2n) is 5.67. The first-order valence-electron chi connectivity index (χ1n) is 8.34. The molecule has 1 aromatic rings. The lowest BCUT2D eigenvalue weighted by Gasteiger charge is -2.34. The Kier molecular flexibility index (Phi) is 7.71. The van der Waals surface area contributed by atoms with Crippen molar-refractivity contribution in [3.8, 4) is 5.75 Å². The number of guanidine groups is 1. The highest BCUT2D eigenvalue weighted by atomic mass is 35.5. The molecule has 0 bridgehead atoms. The van der Waals surface area contributed by atoms with Crippen molar-refractivity contribution in [2.75, 3.05) is 26.7 Å². The monoisotopic (exact) mass is 375 g/mol. The quantitative estimate of drug-likeness (QED) is 0.610. The number of nitrogens with one attached hydrogen (secondary N) is 1. The van der Waals surface area contributed by atoms with Gasteiger partial charge in [-0.3, -0.25) is 4.99 Å². The van der Waals surface area contributed by atoms with Gasteiger partial charge in [-0.1, -0.05) is 11.6 Å². The van der Waals surface area contributed by atoms with Crippen LogP contribution in [-0.2, 0) is 11.3 Å². The zero-order valence-electron chi connectivity index (χ0n) is 14.5. The van der Waals surface area contributed by atoms with E-state index in [1.165, 1.54) is 12.1 Å². The third kappa shape index (κ3) is 6.01. The maximum absolute atomic E-state index is 12.5. The topological polar surface area (TPSA) is 46.1 Å². The molecule has 0 amide bonds. The van der Waals surface area contributed by atoms with Gasteiger partial charge in [-0.25, -0.2) is 0 Å². The molecule has 0 atom stereocenters. The van der Waals surface area contributed by atoms with Crippen LogP contribution in [0.2, 0.25) is 5.02 Å². The van der Waals surface area contributed by atoms with Crippen LogP contribution < -0.4 is 10.1 Å². The first kappa shape index (κ1) is 19.7. The summed E-state index contributed by atoms with van der Waals surface area (Å²) < 4.78 is 35.3. The maximum atomic E-state index is 12.5. The van der Waals surface area contributed by atoms with Gasteiger partial charge in [0.25, 0.3) is 0 Å². The molecule has 1 heterocycles. The van der Waals surface area contributed by atoms with E-state index in [1.807, 2.05) is 6.92 Å². The zero-order chi connectivity index (χ0) is 18.2. The molecule has 0 unspecified atom stereocenters. The second-order valence-corrected chi connectivity index (χ2v) is 6.11. The summed E-state index contributed by atoms with van der Waals surface area (Å²) in [5, 5.41) is 3.66. The lowest BCUT2D eigenvalue weighted by Crippen LogP contribution is -2.46. The van der Waals surface area contributed by atoms with E-state index in [-0.39, 0.29) is 5.75 Å². The highest BCUT2D eigenvalue weighted by molar-refractivity contribution is 6.30. The predicted molar refractivity (Wildman–Crippen MR) is 94.5 cm³/mol. The molecule has 5 nitrogen and oxygen atoms in total. The largest absolute Gasteiger partial charge is 0.434 e. The average Bonchev–Trinajstić information content (AvgIpc) is 2.59. The molecule has 140 valence electrons. The Hall–Kier alpha value is -1.60. The number of aliphatic imine (C=N–C) groups is 1. The summed E-state index contributed by atoms with van der Waals surface area (Å²) in [4.78, 5) is 6.41. The lowest BCUT2D eigenvalue weighted by atomic mass is 10.1. The lowest BCUT2D eigenvalue weighted by molar-refractivity contribution is -0.0504. The number of hydrogen-bond donors (Lipinski definition) is 1. The summed E-state index contributed by atoms with van der Waals surface area (Å²) in [6.45, 7) is 1.80. The van der Waals surface area contributed by atoms with E-state index in [9.17, 15) is 8.78 Å². The van der Waals surface area contributed by atoms with Gasteiger partial charge in [-0.15, -0.1) is 0 Å². The SMILES string of the molecule is CCOC1CCN(C(=NC)NCc2cc(Cl)ccc2OC(F)F)CC1. The Bertz CT molecular complexity index is 579. The van der Waals surface area contributed by atoms with Crippen molar-refractivity contribution in [3.63, 3.8) is 0 Å². The second kappa shape index (κ2) is 9.77. The van der Waals surface area contributed by atoms with Crippen LogP contribution in [0.4, 0.5) is 8.78 Å². The first-order valence-corrected chi connectivity index (χ1v) is 8.71. The Morgan fingerprint density at radius 1 is 1.40 bits per heavy atom. The van der Waals surface area contributed by atoms with Crippen LogP contribution in [0.1, 0.15) is 25.3 Å². The van der Waals surface area contributed by atoms with Crippen molar-refractivity contribution in [1.82, 2.24) is 10.2 Å². The molecular weight excluding hydrogens is 352 g/mol. The minimum Gasteiger partial charge on any atom is -0.434 e. The van der Waals surface area contributed by atoms with Gasteiger partial charge in [0.05, 0.1) is 6.10 Å². The summed E-state index contributed by atoms with van der Waals surface area (Å²) in [5.41, 5.74) is 0.554. The fourth-order valence-corrected chi connectivity index (χ4v) is 3.07. The average molecular weight is 376 g/mol. The molecule has 1 aromatic carbocycles. The number of benzene rings is 1. The summed E-state index contributed by atoms with van der Waals surface area (Å²) in [5.74, 6) is 0.829. The van der Waals surface area contributed by atoms with Gasteiger partial charge in [0.15, 0.2) is 5.96 Å². The zero-order valence-corrected chi connectivity index (χ0v) is 15.2. The Morgan fingerprint density at radius 2 is 2.12 bits per heavy atom. The van der Waals surface area contributed by atoms with Gasteiger partial charge in [0.2, 0.25) is 0 Å². The van der Waals surface area contributed by atoms with Crippen LogP contribution >= 0.6 is 11.6 Å². The number of ether oxygens (including phenoxy) is 2. The number of nitrogens with zero attached hydrogens (tertiary/aromatic N) is 2. The van der Waals surface area contributed by atoms with Crippen molar-refractivity contribution in [1.29, 1.82) is 0 Å². The van der Waals surface area contributed by atoms with E-state index in [4.69, 9.17) is 16.3 Å². The number of likely N-dealkylation sites (tertiary alicyclic amines) is 1. The number of halogens is 3. The fraction of sp³-hybridized carbons (Fsp3) is 0.588. The minimum atomic E-state index is -2.88. The van der Waals surface area contributed by atoms with Crippen LogP contribution in [0.25, 0.3) is 0 Å². The molecule has 0 spiro atoms. The predicted octanol–water partition coefficient (Wildman–Crippen LogP) is 3.52. The van der Waals surface area contributed by atoms with Crippen molar-refractivity contribution in [2.24, 2.45) is 4.99 Å². The number of alkyl halides is 2. The molecule has 1 saturated heterocycles. The molecule has 1 aliphatic heterocycles. The Labute approximate surface area is 152 Å². The van der Waals surface area contributed by atoms with E-state index < -0.39 is 6.61 Å². The van der Waals surface area contributed by atoms with Crippen LogP contribution in [0.3, 0.4) is 0 Å². The molecule has 0 aliphatic carbocycles.